The zero-order valence-electron chi connectivity index (χ0n) is 10.0. The first-order valence-corrected chi connectivity index (χ1v) is 5.90. The molecule has 0 atom stereocenters. The van der Waals surface area contributed by atoms with Gasteiger partial charge in [0.15, 0.2) is 0 Å². The molecule has 1 aromatic carbocycles. The van der Waals surface area contributed by atoms with E-state index in [4.69, 9.17) is 21.6 Å². The van der Waals surface area contributed by atoms with E-state index in [0.29, 0.717) is 12.0 Å². The monoisotopic (exact) mass is 277 g/mol. The van der Waals surface area contributed by atoms with Gasteiger partial charge in [-0.15, -0.1) is 0 Å². The number of aryl methyl sites for hydroxylation is 1. The zero-order chi connectivity index (χ0) is 13.8. The maximum Gasteiger partial charge on any atom is 0.259 e. The molecule has 2 rings (SSSR count). The molecule has 6 heteroatoms. The third kappa shape index (κ3) is 2.80. The van der Waals surface area contributed by atoms with Gasteiger partial charge in [0.05, 0.1) is 22.3 Å². The van der Waals surface area contributed by atoms with E-state index in [0.717, 1.165) is 0 Å². The Labute approximate surface area is 114 Å². The summed E-state index contributed by atoms with van der Waals surface area (Å²) < 4.78 is 19.2. The molecule has 4 nitrogen and oxygen atoms in total. The number of nitriles is 1. The van der Waals surface area contributed by atoms with Crippen molar-refractivity contribution in [3.8, 4) is 17.7 Å². The maximum atomic E-state index is 13.9. The summed E-state index contributed by atoms with van der Waals surface area (Å²) in [5.74, 6) is -0.552. The van der Waals surface area contributed by atoms with Crippen molar-refractivity contribution in [2.45, 2.75) is 13.3 Å². The Morgan fingerprint density at radius 1 is 1.42 bits per heavy atom. The first-order valence-electron chi connectivity index (χ1n) is 5.52. The standard InChI is InChI=1S/C13H9ClFN3O/c1-2-10-12(15)13(18-7-17-10)19-11-4-3-8(6-16)5-9(11)14/h3-5,7H,2H2,1H3. The molecule has 0 saturated carbocycles. The Morgan fingerprint density at radius 2 is 2.21 bits per heavy atom. The Kier molecular flexibility index (Phi) is 3.93. The minimum Gasteiger partial charge on any atom is -0.435 e. The van der Waals surface area contributed by atoms with E-state index in [1.165, 1.54) is 24.5 Å². The van der Waals surface area contributed by atoms with Crippen molar-refractivity contribution in [3.63, 3.8) is 0 Å². The highest BCUT2D eigenvalue weighted by molar-refractivity contribution is 6.32. The number of benzene rings is 1. The van der Waals surface area contributed by atoms with Crippen LogP contribution in [0.3, 0.4) is 0 Å². The minimum atomic E-state index is -0.606. The smallest absolute Gasteiger partial charge is 0.259 e. The highest BCUT2D eigenvalue weighted by Gasteiger charge is 2.13. The van der Waals surface area contributed by atoms with Crippen LogP contribution < -0.4 is 4.74 Å². The normalized spacial score (nSPS) is 10.0. The fraction of sp³-hybridized carbons (Fsp3) is 0.154. The SMILES string of the molecule is CCc1ncnc(Oc2ccc(C#N)cc2Cl)c1F. The molecule has 1 heterocycles. The van der Waals surface area contributed by atoms with Crippen molar-refractivity contribution in [3.05, 3.63) is 46.6 Å². The molecule has 0 fully saturated rings. The van der Waals surface area contributed by atoms with Gasteiger partial charge in [-0.2, -0.15) is 14.6 Å². The maximum absolute atomic E-state index is 13.9. The molecule has 0 amide bonds. The van der Waals surface area contributed by atoms with Gasteiger partial charge >= 0.3 is 0 Å². The molecule has 19 heavy (non-hydrogen) atoms. The van der Waals surface area contributed by atoms with E-state index in [1.807, 2.05) is 6.07 Å². The summed E-state index contributed by atoms with van der Waals surface area (Å²) in [6.45, 7) is 1.78. The van der Waals surface area contributed by atoms with Crippen LogP contribution in [-0.2, 0) is 6.42 Å². The predicted octanol–water partition coefficient (Wildman–Crippen LogP) is 3.50. The molecule has 0 N–H and O–H groups in total. The van der Waals surface area contributed by atoms with Gasteiger partial charge < -0.3 is 4.74 Å². The van der Waals surface area contributed by atoms with Crippen LogP contribution in [0, 0.1) is 17.1 Å². The van der Waals surface area contributed by atoms with Gasteiger partial charge in [0, 0.05) is 0 Å². The number of aromatic nitrogens is 2. The lowest BCUT2D eigenvalue weighted by molar-refractivity contribution is 0.415. The third-order valence-corrected chi connectivity index (χ3v) is 2.73. The van der Waals surface area contributed by atoms with Crippen molar-refractivity contribution >= 4 is 11.6 Å². The Bertz CT molecular complexity index is 655. The quantitative estimate of drug-likeness (QED) is 0.861. The fourth-order valence-corrected chi connectivity index (χ4v) is 1.68. The van der Waals surface area contributed by atoms with Gasteiger partial charge in [-0.25, -0.2) is 4.98 Å². The van der Waals surface area contributed by atoms with Gasteiger partial charge in [0.2, 0.25) is 5.82 Å². The molecule has 0 bridgehead atoms. The van der Waals surface area contributed by atoms with E-state index >= 15 is 0 Å². The van der Waals surface area contributed by atoms with E-state index in [9.17, 15) is 4.39 Å². The van der Waals surface area contributed by atoms with Crippen LogP contribution >= 0.6 is 11.6 Å². The molecule has 0 radical (unpaired) electrons. The number of ether oxygens (including phenoxy) is 1. The lowest BCUT2D eigenvalue weighted by atomic mass is 10.2. The Hall–Kier alpha value is -2.19. The lowest BCUT2D eigenvalue weighted by Crippen LogP contribution is -1.99. The van der Waals surface area contributed by atoms with Crippen LogP contribution in [0.25, 0.3) is 0 Å². The molecule has 2 aromatic rings. The van der Waals surface area contributed by atoms with Crippen LogP contribution in [-0.4, -0.2) is 9.97 Å². The van der Waals surface area contributed by atoms with Crippen molar-refractivity contribution in [1.82, 2.24) is 9.97 Å². The topological polar surface area (TPSA) is 58.8 Å². The van der Waals surface area contributed by atoms with Crippen LogP contribution in [0.2, 0.25) is 5.02 Å². The second kappa shape index (κ2) is 5.63. The fourth-order valence-electron chi connectivity index (χ4n) is 1.46. The molecule has 0 aliphatic rings. The van der Waals surface area contributed by atoms with Gasteiger partial charge in [0.25, 0.3) is 5.88 Å². The first-order chi connectivity index (χ1) is 9.15. The predicted molar refractivity (Wildman–Crippen MR) is 67.6 cm³/mol. The Morgan fingerprint density at radius 3 is 2.84 bits per heavy atom. The van der Waals surface area contributed by atoms with Gasteiger partial charge in [-0.3, -0.25) is 0 Å². The van der Waals surface area contributed by atoms with Crippen molar-refractivity contribution < 1.29 is 9.13 Å². The van der Waals surface area contributed by atoms with Crippen molar-refractivity contribution in [2.24, 2.45) is 0 Å². The van der Waals surface area contributed by atoms with Gasteiger partial charge in [0.1, 0.15) is 12.1 Å². The van der Waals surface area contributed by atoms with Gasteiger partial charge in [-0.1, -0.05) is 18.5 Å². The lowest BCUT2D eigenvalue weighted by Gasteiger charge is -2.08. The molecule has 0 saturated heterocycles. The number of hydrogen-bond acceptors (Lipinski definition) is 4. The van der Waals surface area contributed by atoms with Gasteiger partial charge in [-0.05, 0) is 24.6 Å². The molecule has 1 aromatic heterocycles. The summed E-state index contributed by atoms with van der Waals surface area (Å²) in [6.07, 6.45) is 1.67. The summed E-state index contributed by atoms with van der Waals surface area (Å²) in [5, 5.41) is 8.94. The summed E-state index contributed by atoms with van der Waals surface area (Å²) in [7, 11) is 0. The third-order valence-electron chi connectivity index (χ3n) is 2.43. The second-order valence-electron chi connectivity index (χ2n) is 3.65. The van der Waals surface area contributed by atoms with Crippen molar-refractivity contribution in [1.29, 1.82) is 5.26 Å². The van der Waals surface area contributed by atoms with E-state index in [2.05, 4.69) is 9.97 Å². The largest absolute Gasteiger partial charge is 0.435 e. The molecule has 0 spiro atoms. The van der Waals surface area contributed by atoms with Crippen LogP contribution in [0.1, 0.15) is 18.2 Å². The number of hydrogen-bond donors (Lipinski definition) is 0. The summed E-state index contributed by atoms with van der Waals surface area (Å²) in [5.41, 5.74) is 0.671. The Balaban J connectivity index is 2.34. The molecule has 96 valence electrons. The second-order valence-corrected chi connectivity index (χ2v) is 4.06. The molecule has 0 aliphatic carbocycles. The molecular formula is C13H9ClFN3O. The molecule has 0 unspecified atom stereocenters. The van der Waals surface area contributed by atoms with Crippen LogP contribution in [0.5, 0.6) is 11.6 Å². The highest BCUT2D eigenvalue weighted by Crippen LogP contribution is 2.30. The average Bonchev–Trinajstić information content (AvgIpc) is 2.43. The van der Waals surface area contributed by atoms with Crippen molar-refractivity contribution in [2.75, 3.05) is 0 Å². The summed E-state index contributed by atoms with van der Waals surface area (Å²) in [4.78, 5) is 7.54. The molecular weight excluding hydrogens is 269 g/mol. The number of rotatable bonds is 3. The van der Waals surface area contributed by atoms with E-state index < -0.39 is 5.82 Å². The van der Waals surface area contributed by atoms with E-state index in [1.54, 1.807) is 6.92 Å². The summed E-state index contributed by atoms with van der Waals surface area (Å²) in [6, 6.07) is 6.41. The van der Waals surface area contributed by atoms with E-state index in [-0.39, 0.29) is 22.3 Å². The zero-order valence-corrected chi connectivity index (χ0v) is 10.8. The van der Waals surface area contributed by atoms with Crippen LogP contribution in [0.4, 0.5) is 4.39 Å². The number of halogens is 2. The minimum absolute atomic E-state index is 0.182. The average molecular weight is 278 g/mol. The first kappa shape index (κ1) is 13.2. The summed E-state index contributed by atoms with van der Waals surface area (Å²) >= 11 is 5.94. The number of nitrogens with zero attached hydrogens (tertiary/aromatic N) is 3. The molecule has 0 aliphatic heterocycles. The highest BCUT2D eigenvalue weighted by atomic mass is 35.5. The van der Waals surface area contributed by atoms with Crippen LogP contribution in [0.15, 0.2) is 24.5 Å².